The topological polar surface area (TPSA) is 49.4 Å². The number of halogens is 1. The van der Waals surface area contributed by atoms with Gasteiger partial charge in [-0.25, -0.2) is 4.39 Å². The van der Waals surface area contributed by atoms with Crippen molar-refractivity contribution >= 4 is 17.5 Å². The number of carbonyl (C=O) groups excluding carboxylic acids is 2. The van der Waals surface area contributed by atoms with E-state index in [4.69, 9.17) is 0 Å². The molecule has 0 radical (unpaired) electrons. The third kappa shape index (κ3) is 3.21. The first-order chi connectivity index (χ1) is 12.6. The van der Waals surface area contributed by atoms with Crippen LogP contribution in [-0.4, -0.2) is 29.3 Å². The smallest absolute Gasteiger partial charge is 0.252 e. The van der Waals surface area contributed by atoms with Crippen LogP contribution >= 0.6 is 0 Å². The Morgan fingerprint density at radius 1 is 1.08 bits per heavy atom. The fourth-order valence-corrected chi connectivity index (χ4v) is 3.83. The molecule has 5 heteroatoms. The van der Waals surface area contributed by atoms with E-state index in [0.717, 1.165) is 18.5 Å². The average Bonchev–Trinajstić information content (AvgIpc) is 3.19. The largest absolute Gasteiger partial charge is 0.373 e. The summed E-state index contributed by atoms with van der Waals surface area (Å²) >= 11 is 0. The SMILES string of the molecule is O=C1C[C@H](Nc2ccc3c(c2)CCC3)C(=O)N1CCc1ccccc1F. The summed E-state index contributed by atoms with van der Waals surface area (Å²) in [5.74, 6) is -0.740. The minimum Gasteiger partial charge on any atom is -0.373 e. The summed E-state index contributed by atoms with van der Waals surface area (Å²) in [4.78, 5) is 26.1. The maximum atomic E-state index is 13.7. The summed E-state index contributed by atoms with van der Waals surface area (Å²) in [5, 5.41) is 3.20. The first-order valence-electron chi connectivity index (χ1n) is 9.08. The molecule has 2 aromatic rings. The lowest BCUT2D eigenvalue weighted by molar-refractivity contribution is -0.138. The standard InChI is InChI=1S/C21H21FN2O2/c22-18-7-2-1-4-15(18)10-11-24-20(25)13-19(21(24)26)23-17-9-8-14-5-3-6-16(14)12-17/h1-2,4,7-9,12,19,23H,3,5-6,10-11,13H2/t19-/m0/s1. The van der Waals surface area contributed by atoms with Crippen LogP contribution in [0.5, 0.6) is 0 Å². The lowest BCUT2D eigenvalue weighted by atomic mass is 10.1. The second kappa shape index (κ2) is 6.90. The molecule has 0 aromatic heterocycles. The highest BCUT2D eigenvalue weighted by Crippen LogP contribution is 2.26. The molecule has 1 aliphatic heterocycles. The summed E-state index contributed by atoms with van der Waals surface area (Å²) in [6.45, 7) is 0.209. The number of anilines is 1. The van der Waals surface area contributed by atoms with Gasteiger partial charge in [-0.2, -0.15) is 0 Å². The number of hydrogen-bond acceptors (Lipinski definition) is 3. The van der Waals surface area contributed by atoms with Crippen molar-refractivity contribution in [3.8, 4) is 0 Å². The lowest BCUT2D eigenvalue weighted by Crippen LogP contribution is -2.36. The van der Waals surface area contributed by atoms with E-state index in [2.05, 4.69) is 17.4 Å². The molecule has 1 N–H and O–H groups in total. The van der Waals surface area contributed by atoms with Crippen molar-refractivity contribution in [3.63, 3.8) is 0 Å². The lowest BCUT2D eigenvalue weighted by Gasteiger charge is -2.16. The zero-order valence-electron chi connectivity index (χ0n) is 14.5. The fraction of sp³-hybridized carbons (Fsp3) is 0.333. The maximum absolute atomic E-state index is 13.7. The minimum atomic E-state index is -0.539. The van der Waals surface area contributed by atoms with Crippen LogP contribution in [0.15, 0.2) is 42.5 Å². The Morgan fingerprint density at radius 2 is 1.88 bits per heavy atom. The Kier molecular flexibility index (Phi) is 4.45. The Balaban J connectivity index is 1.41. The number of amides is 2. The van der Waals surface area contributed by atoms with Gasteiger partial charge < -0.3 is 5.32 Å². The molecule has 0 unspecified atom stereocenters. The molecule has 134 valence electrons. The molecule has 2 aromatic carbocycles. The van der Waals surface area contributed by atoms with Crippen LogP contribution < -0.4 is 5.32 Å². The highest BCUT2D eigenvalue weighted by molar-refractivity contribution is 6.06. The summed E-state index contributed by atoms with van der Waals surface area (Å²) in [6.07, 6.45) is 3.82. The number of likely N-dealkylation sites (tertiary alicyclic amines) is 1. The molecule has 0 saturated carbocycles. The van der Waals surface area contributed by atoms with Crippen LogP contribution in [0.4, 0.5) is 10.1 Å². The van der Waals surface area contributed by atoms with Gasteiger partial charge in [0.25, 0.3) is 5.91 Å². The molecule has 1 aliphatic carbocycles. The van der Waals surface area contributed by atoms with E-state index in [0.29, 0.717) is 12.0 Å². The highest BCUT2D eigenvalue weighted by Gasteiger charge is 2.38. The molecule has 1 fully saturated rings. The zero-order chi connectivity index (χ0) is 18.1. The van der Waals surface area contributed by atoms with E-state index in [-0.39, 0.29) is 30.6 Å². The van der Waals surface area contributed by atoms with Gasteiger partial charge in [-0.1, -0.05) is 24.3 Å². The van der Waals surface area contributed by atoms with E-state index in [1.54, 1.807) is 18.2 Å². The van der Waals surface area contributed by atoms with Gasteiger partial charge in [-0.15, -0.1) is 0 Å². The van der Waals surface area contributed by atoms with Crippen LogP contribution in [-0.2, 0) is 28.9 Å². The zero-order valence-corrected chi connectivity index (χ0v) is 14.5. The minimum absolute atomic E-state index is 0.146. The van der Waals surface area contributed by atoms with Gasteiger partial charge in [0.2, 0.25) is 5.91 Å². The van der Waals surface area contributed by atoms with Gasteiger partial charge >= 0.3 is 0 Å². The molecule has 2 aliphatic rings. The monoisotopic (exact) mass is 352 g/mol. The van der Waals surface area contributed by atoms with E-state index in [9.17, 15) is 14.0 Å². The van der Waals surface area contributed by atoms with Crippen molar-refractivity contribution < 1.29 is 14.0 Å². The van der Waals surface area contributed by atoms with Crippen molar-refractivity contribution in [2.24, 2.45) is 0 Å². The fourth-order valence-electron chi connectivity index (χ4n) is 3.83. The number of benzene rings is 2. The second-order valence-corrected chi connectivity index (χ2v) is 6.96. The number of nitrogens with one attached hydrogen (secondary N) is 1. The average molecular weight is 352 g/mol. The molecule has 2 amide bonds. The van der Waals surface area contributed by atoms with Crippen molar-refractivity contribution in [1.82, 2.24) is 4.90 Å². The van der Waals surface area contributed by atoms with E-state index in [1.807, 2.05) is 6.07 Å². The molecular formula is C21H21FN2O2. The summed E-state index contributed by atoms with van der Waals surface area (Å²) in [6, 6.07) is 12.1. The van der Waals surface area contributed by atoms with Crippen LogP contribution in [0.3, 0.4) is 0 Å². The molecule has 1 heterocycles. The molecule has 0 bridgehead atoms. The first kappa shape index (κ1) is 16.8. The quantitative estimate of drug-likeness (QED) is 0.842. The predicted octanol–water partition coefficient (Wildman–Crippen LogP) is 3.10. The van der Waals surface area contributed by atoms with Crippen LogP contribution in [0.25, 0.3) is 0 Å². The van der Waals surface area contributed by atoms with Gasteiger partial charge in [0.1, 0.15) is 11.9 Å². The van der Waals surface area contributed by atoms with Gasteiger partial charge in [0.15, 0.2) is 0 Å². The van der Waals surface area contributed by atoms with Crippen molar-refractivity contribution in [2.75, 3.05) is 11.9 Å². The Hall–Kier alpha value is -2.69. The summed E-state index contributed by atoms with van der Waals surface area (Å²) < 4.78 is 13.7. The summed E-state index contributed by atoms with van der Waals surface area (Å²) in [7, 11) is 0. The molecule has 26 heavy (non-hydrogen) atoms. The molecule has 4 rings (SSSR count). The Labute approximate surface area is 152 Å². The Bertz CT molecular complexity index is 865. The maximum Gasteiger partial charge on any atom is 0.252 e. The third-order valence-electron chi connectivity index (χ3n) is 5.25. The number of imide groups is 1. The second-order valence-electron chi connectivity index (χ2n) is 6.96. The number of aryl methyl sites for hydroxylation is 2. The van der Waals surface area contributed by atoms with Crippen LogP contribution in [0.1, 0.15) is 29.5 Å². The van der Waals surface area contributed by atoms with Crippen molar-refractivity contribution in [3.05, 3.63) is 65.0 Å². The van der Waals surface area contributed by atoms with Gasteiger partial charge in [0.05, 0.1) is 6.42 Å². The molecule has 1 saturated heterocycles. The predicted molar refractivity (Wildman–Crippen MR) is 97.3 cm³/mol. The van der Waals surface area contributed by atoms with Crippen molar-refractivity contribution in [1.29, 1.82) is 0 Å². The van der Waals surface area contributed by atoms with E-state index >= 15 is 0 Å². The van der Waals surface area contributed by atoms with Gasteiger partial charge in [-0.3, -0.25) is 14.5 Å². The number of carbonyl (C=O) groups is 2. The molecule has 0 spiro atoms. The molecular weight excluding hydrogens is 331 g/mol. The number of rotatable bonds is 5. The van der Waals surface area contributed by atoms with Crippen molar-refractivity contribution in [2.45, 2.75) is 38.1 Å². The number of fused-ring (bicyclic) bond motifs is 1. The Morgan fingerprint density at radius 3 is 2.73 bits per heavy atom. The normalized spacial score (nSPS) is 19.1. The van der Waals surface area contributed by atoms with Gasteiger partial charge in [-0.05, 0) is 60.6 Å². The summed E-state index contributed by atoms with van der Waals surface area (Å²) in [5.41, 5.74) is 4.09. The molecule has 4 nitrogen and oxygen atoms in total. The highest BCUT2D eigenvalue weighted by atomic mass is 19.1. The number of nitrogens with zero attached hydrogens (tertiary/aromatic N) is 1. The van der Waals surface area contributed by atoms with E-state index in [1.165, 1.54) is 28.5 Å². The third-order valence-corrected chi connectivity index (χ3v) is 5.25. The van der Waals surface area contributed by atoms with E-state index < -0.39 is 6.04 Å². The molecule has 1 atom stereocenters. The first-order valence-corrected chi connectivity index (χ1v) is 9.08. The number of hydrogen-bond donors (Lipinski definition) is 1. The van der Waals surface area contributed by atoms with Gasteiger partial charge in [0, 0.05) is 12.2 Å². The van der Waals surface area contributed by atoms with Crippen LogP contribution in [0.2, 0.25) is 0 Å². The van der Waals surface area contributed by atoms with Crippen LogP contribution in [0, 0.1) is 5.82 Å².